The molecule has 4 unspecified atom stereocenters. The molecule has 7 amide bonds. The number of imide groups is 1. The molecule has 0 saturated carbocycles. The van der Waals surface area contributed by atoms with Gasteiger partial charge in [0.05, 0.1) is 79.4 Å². The minimum absolute atomic E-state index is 0.0287. The summed E-state index contributed by atoms with van der Waals surface area (Å²) in [7, 11) is 0. The molecule has 6 N–H and O–H groups in total. The summed E-state index contributed by atoms with van der Waals surface area (Å²) in [5.41, 5.74) is 6.66. The molecule has 3 aromatic carbocycles. The Balaban J connectivity index is 0.000000231. The minimum atomic E-state index is -1.57. The number of nitrogens with one attached hydrogen (secondary N) is 5. The number of ether oxygens (including phenoxy) is 3. The number of nitrogens with zero attached hydrogens (tertiary/aromatic N) is 3. The normalized spacial score (nSPS) is 17.7. The molecule has 4 atom stereocenters. The van der Waals surface area contributed by atoms with Crippen LogP contribution in [0.5, 0.6) is 0 Å². The van der Waals surface area contributed by atoms with E-state index in [1.807, 2.05) is 51.1 Å². The molecule has 23 heteroatoms. The molecule has 5 heterocycles. The smallest absolute Gasteiger partial charge is 0.340 e. The van der Waals surface area contributed by atoms with Crippen molar-refractivity contribution in [1.29, 1.82) is 0 Å². The number of benzene rings is 3. The number of aliphatic hydroxyl groups is 1. The number of aliphatic hydroxyl groups excluding tert-OH is 1. The van der Waals surface area contributed by atoms with Crippen LogP contribution in [0.2, 0.25) is 0 Å². The van der Waals surface area contributed by atoms with Crippen LogP contribution in [0.15, 0.2) is 71.5 Å². The van der Waals surface area contributed by atoms with Crippen molar-refractivity contribution in [2.24, 2.45) is 0 Å². The highest BCUT2D eigenvalue weighted by Gasteiger charge is 2.42. The van der Waals surface area contributed by atoms with Crippen molar-refractivity contribution in [3.05, 3.63) is 127 Å². The summed E-state index contributed by atoms with van der Waals surface area (Å²) in [6.07, 6.45) is 1.50. The van der Waals surface area contributed by atoms with Gasteiger partial charge < -0.3 is 50.5 Å². The maximum Gasteiger partial charge on any atom is 0.340 e. The van der Waals surface area contributed by atoms with E-state index in [4.69, 9.17) is 19.2 Å². The number of halogens is 1. The number of hydrogen-bond donors (Lipinski definition) is 7. The van der Waals surface area contributed by atoms with Gasteiger partial charge in [0.25, 0.3) is 5.56 Å². The Morgan fingerprint density at radius 3 is 2.30 bits per heavy atom. The van der Waals surface area contributed by atoms with E-state index in [0.717, 1.165) is 38.1 Å². The van der Waals surface area contributed by atoms with Crippen molar-refractivity contribution >= 4 is 77.0 Å². The third-order valence-corrected chi connectivity index (χ3v) is 14.7. The predicted octanol–water partition coefficient (Wildman–Crippen LogP) is 3.21. The van der Waals surface area contributed by atoms with Gasteiger partial charge in [-0.05, 0) is 85.5 Å². The number of pyridine rings is 2. The van der Waals surface area contributed by atoms with E-state index in [0.29, 0.717) is 66.9 Å². The fourth-order valence-electron chi connectivity index (χ4n) is 10.2. The summed E-state index contributed by atoms with van der Waals surface area (Å²) in [6, 6.07) is 19.6. The van der Waals surface area contributed by atoms with Gasteiger partial charge in [0.1, 0.15) is 19.2 Å². The largest absolute Gasteiger partial charge is 0.458 e. The van der Waals surface area contributed by atoms with Crippen molar-refractivity contribution in [2.75, 3.05) is 51.1 Å². The van der Waals surface area contributed by atoms with E-state index >= 15 is 4.39 Å². The van der Waals surface area contributed by atoms with Gasteiger partial charge in [-0.2, -0.15) is 12.6 Å². The highest BCUT2D eigenvalue weighted by atomic mass is 32.1. The van der Waals surface area contributed by atoms with Crippen LogP contribution in [0.25, 0.3) is 22.3 Å². The second kappa shape index (κ2) is 27.5. The number of amides is 7. The van der Waals surface area contributed by atoms with Crippen LogP contribution in [0, 0.1) is 12.7 Å². The molecule has 21 nitrogen and oxygen atoms in total. The highest BCUT2D eigenvalue weighted by molar-refractivity contribution is 7.82. The van der Waals surface area contributed by atoms with Crippen molar-refractivity contribution in [3.8, 4) is 11.4 Å². The van der Waals surface area contributed by atoms with Gasteiger partial charge in [-0.3, -0.25) is 38.4 Å². The van der Waals surface area contributed by atoms with Crippen LogP contribution in [-0.2, 0) is 90.4 Å². The van der Waals surface area contributed by atoms with Crippen LogP contribution in [0.4, 0.5) is 10.1 Å². The monoisotopic (exact) mass is 1130 g/mol. The number of aryl methyl sites for hydroxylation is 2. The molecule has 9 rings (SSSR count). The van der Waals surface area contributed by atoms with E-state index in [-0.39, 0.29) is 124 Å². The molecule has 1 saturated heterocycles. The van der Waals surface area contributed by atoms with Gasteiger partial charge in [-0.15, -0.1) is 0 Å². The number of cyclic esters (lactones) is 1. The van der Waals surface area contributed by atoms with Gasteiger partial charge in [0.15, 0.2) is 6.10 Å². The number of thiol groups is 1. The third-order valence-electron chi connectivity index (χ3n) is 14.3. The lowest BCUT2D eigenvalue weighted by molar-refractivity contribution is -0.157. The Hall–Kier alpha value is -7.86. The summed E-state index contributed by atoms with van der Waals surface area (Å²) in [5, 5.41) is 23.4. The molecule has 430 valence electrons. The Morgan fingerprint density at radius 2 is 1.59 bits per heavy atom. The molecule has 4 aliphatic rings. The molecule has 2 aromatic heterocycles. The zero-order valence-corrected chi connectivity index (χ0v) is 46.7. The van der Waals surface area contributed by atoms with Crippen molar-refractivity contribution in [2.45, 2.75) is 109 Å². The lowest BCUT2D eigenvalue weighted by Crippen LogP contribution is -2.44. The van der Waals surface area contributed by atoms with Crippen molar-refractivity contribution in [1.82, 2.24) is 36.1 Å². The Kier molecular flexibility index (Phi) is 20.7. The highest BCUT2D eigenvalue weighted by Crippen LogP contribution is 2.48. The minimum Gasteiger partial charge on any atom is -0.458 e. The lowest BCUT2D eigenvalue weighted by atomic mass is 9.69. The molecular weight excluding hydrogens is 1070 g/mol. The number of carbonyl (C=O) groups excluding carboxylic acids is 8. The average Bonchev–Trinajstić information content (AvgIpc) is 4.22. The first kappa shape index (κ1) is 60.8. The maximum atomic E-state index is 15.1. The molecule has 3 aliphatic heterocycles. The van der Waals surface area contributed by atoms with Gasteiger partial charge in [0.2, 0.25) is 41.9 Å². The molecular formula is C58H67FN8O13S. The number of hydrogen-bond acceptors (Lipinski definition) is 15. The van der Waals surface area contributed by atoms with E-state index in [1.54, 1.807) is 41.8 Å². The van der Waals surface area contributed by atoms with Gasteiger partial charge in [-0.25, -0.2) is 19.1 Å². The summed E-state index contributed by atoms with van der Waals surface area (Å²) in [5.74, 6) is -3.24. The Labute approximate surface area is 472 Å². The molecule has 0 radical (unpaired) electrons. The van der Waals surface area contributed by atoms with Crippen LogP contribution in [0.3, 0.4) is 0 Å². The predicted molar refractivity (Wildman–Crippen MR) is 299 cm³/mol. The molecule has 1 aliphatic carbocycles. The van der Waals surface area contributed by atoms with E-state index in [2.05, 4.69) is 46.1 Å². The summed E-state index contributed by atoms with van der Waals surface area (Å²) in [4.78, 5) is 114. The van der Waals surface area contributed by atoms with Gasteiger partial charge in [0, 0.05) is 46.9 Å². The molecule has 0 spiro atoms. The summed E-state index contributed by atoms with van der Waals surface area (Å²) < 4.78 is 33.2. The Bertz CT molecular complexity index is 3270. The van der Waals surface area contributed by atoms with Crippen LogP contribution in [-0.4, -0.2) is 120 Å². The zero-order chi connectivity index (χ0) is 58.5. The lowest BCUT2D eigenvalue weighted by Gasteiger charge is -2.37. The average molecular weight is 1140 g/mol. The van der Waals surface area contributed by atoms with E-state index < -0.39 is 28.6 Å². The second-order valence-corrected chi connectivity index (χ2v) is 20.6. The fraction of sp³-hybridized carbons (Fsp3) is 0.414. The molecule has 1 fully saturated rings. The fourth-order valence-corrected chi connectivity index (χ4v) is 10.5. The Morgan fingerprint density at radius 1 is 0.901 bits per heavy atom. The standard InChI is InChI=1S/C30H31FN4O8.C26H30N4O5S.C2H6/c1-15-16-3-4-30(2,12-41-5-6-42-14-33-23(37)9-32-13-36)25-18-10-35-22(26(18)34-21(24(16)25)8-20(15)31)7-17-19(28(35)39)11-43-29(40)27(17)38;1-17(13-19-5-3-2-4-6-19)29-24(33)16-28-23(32)15-27-22(31)12-9-18-7-10-20(11-8-18)30-25(34)14-21(36)26(30)35;1-2/h7-8,13,27,38H,3-6,9-12,14H2,1-2H3,(H,32,36)(H,33,37);2-8,10-11,17,21,36H,9,12-16H2,1H3,(H,27,31)(H,28,32)(H,29,33);1-2H3. The maximum absolute atomic E-state index is 15.1. The van der Waals surface area contributed by atoms with E-state index in [9.17, 15) is 48.3 Å². The van der Waals surface area contributed by atoms with Gasteiger partial charge in [-0.1, -0.05) is 63.2 Å². The van der Waals surface area contributed by atoms with Gasteiger partial charge >= 0.3 is 5.97 Å². The third kappa shape index (κ3) is 14.4. The number of fused-ring (bicyclic) bond motifs is 5. The molecule has 0 bridgehead atoms. The summed E-state index contributed by atoms with van der Waals surface area (Å²) >= 11 is 4.11. The topological polar surface area (TPSA) is 283 Å². The molecule has 81 heavy (non-hydrogen) atoms. The van der Waals surface area contributed by atoms with Crippen molar-refractivity contribution < 1.29 is 62.1 Å². The quantitative estimate of drug-likeness (QED) is 0.0136. The van der Waals surface area contributed by atoms with Crippen LogP contribution in [0.1, 0.15) is 97.6 Å². The second-order valence-electron chi connectivity index (χ2n) is 20.0. The molecule has 5 aromatic rings. The number of carbonyl (C=O) groups is 8. The number of esters is 1. The van der Waals surface area contributed by atoms with Crippen LogP contribution < -0.4 is 37.0 Å². The summed E-state index contributed by atoms with van der Waals surface area (Å²) in [6.45, 7) is 9.97. The first-order valence-corrected chi connectivity index (χ1v) is 27.3. The number of anilines is 1. The number of aromatic nitrogens is 2. The first-order valence-electron chi connectivity index (χ1n) is 26.7. The van der Waals surface area contributed by atoms with Crippen LogP contribution >= 0.6 is 12.6 Å². The zero-order valence-electron chi connectivity index (χ0n) is 45.8. The van der Waals surface area contributed by atoms with Crippen molar-refractivity contribution in [3.63, 3.8) is 0 Å². The number of rotatable bonds is 21. The van der Waals surface area contributed by atoms with E-state index in [1.165, 1.54) is 6.07 Å². The SMILES string of the molecule is CC.CC(Cc1ccccc1)NC(=O)CNC(=O)CNC(=O)CCc1ccc(N2C(=O)CC(S)C2=O)cc1.Cc1c(F)cc2nc3c(c4c2c1CCC4(C)COCCOCNC(=O)CNC=O)Cn1c-3cc2c(c1=O)COC(=O)C2O. The first-order chi connectivity index (χ1) is 38.9.